The summed E-state index contributed by atoms with van der Waals surface area (Å²) in [6.07, 6.45) is 1.04. The normalized spacial score (nSPS) is 24.4. The highest BCUT2D eigenvalue weighted by Gasteiger charge is 2.33. The molecule has 0 bridgehead atoms. The van der Waals surface area contributed by atoms with Crippen LogP contribution in [0.1, 0.15) is 13.3 Å². The maximum atomic E-state index is 11.8. The van der Waals surface area contributed by atoms with Crippen LogP contribution in [-0.4, -0.2) is 38.3 Å². The van der Waals surface area contributed by atoms with Gasteiger partial charge < -0.3 is 15.4 Å². The number of hydrogen-bond donors (Lipinski definition) is 2. The average Bonchev–Trinajstić information content (AvgIpc) is 2.71. The first-order chi connectivity index (χ1) is 7.65. The molecular formula is C11H19ClN2O2. The van der Waals surface area contributed by atoms with Gasteiger partial charge in [-0.3, -0.25) is 4.79 Å². The number of carbonyl (C=O) groups is 1. The van der Waals surface area contributed by atoms with Gasteiger partial charge in [-0.1, -0.05) is 25.1 Å². The quantitative estimate of drug-likeness (QED) is 0.731. The Morgan fingerprint density at radius 2 is 2.31 bits per heavy atom. The van der Waals surface area contributed by atoms with Gasteiger partial charge in [-0.15, -0.1) is 0 Å². The average molecular weight is 247 g/mol. The predicted molar refractivity (Wildman–Crippen MR) is 64.4 cm³/mol. The topological polar surface area (TPSA) is 50.4 Å². The third kappa shape index (κ3) is 4.12. The first-order valence-corrected chi connectivity index (χ1v) is 5.95. The van der Waals surface area contributed by atoms with Crippen molar-refractivity contribution in [3.63, 3.8) is 0 Å². The van der Waals surface area contributed by atoms with Crippen molar-refractivity contribution in [2.24, 2.45) is 5.92 Å². The van der Waals surface area contributed by atoms with Crippen LogP contribution in [0.5, 0.6) is 0 Å². The Kier molecular flexibility index (Phi) is 5.80. The van der Waals surface area contributed by atoms with Gasteiger partial charge in [0.1, 0.15) is 0 Å². The summed E-state index contributed by atoms with van der Waals surface area (Å²) in [6.45, 7) is 7.91. The Hall–Kier alpha value is -0.580. The number of nitrogens with one attached hydrogen (secondary N) is 2. The Bertz CT molecular complexity index is 258. The van der Waals surface area contributed by atoms with Gasteiger partial charge in [0.15, 0.2) is 0 Å². The SMILES string of the molecule is C=C(Cl)CNC(=O)C1COCC1NCCC. The van der Waals surface area contributed by atoms with E-state index in [0.29, 0.717) is 24.8 Å². The predicted octanol–water partition coefficient (Wildman–Crippen LogP) is 0.870. The van der Waals surface area contributed by atoms with Crippen molar-refractivity contribution < 1.29 is 9.53 Å². The Morgan fingerprint density at radius 3 is 2.94 bits per heavy atom. The fourth-order valence-corrected chi connectivity index (χ4v) is 1.72. The summed E-state index contributed by atoms with van der Waals surface area (Å²) in [4.78, 5) is 11.8. The van der Waals surface area contributed by atoms with Gasteiger partial charge in [0.2, 0.25) is 5.91 Å². The summed E-state index contributed by atoms with van der Waals surface area (Å²) in [6, 6.07) is 0.114. The van der Waals surface area contributed by atoms with Crippen LogP contribution in [0.3, 0.4) is 0 Å². The molecule has 5 heteroatoms. The molecule has 1 fully saturated rings. The molecule has 0 aliphatic carbocycles. The minimum absolute atomic E-state index is 0.0205. The minimum Gasteiger partial charge on any atom is -0.379 e. The molecule has 2 atom stereocenters. The van der Waals surface area contributed by atoms with E-state index in [2.05, 4.69) is 24.1 Å². The van der Waals surface area contributed by atoms with Crippen LogP contribution in [0.15, 0.2) is 11.6 Å². The van der Waals surface area contributed by atoms with Crippen LogP contribution in [0, 0.1) is 5.92 Å². The molecule has 4 nitrogen and oxygen atoms in total. The van der Waals surface area contributed by atoms with E-state index >= 15 is 0 Å². The van der Waals surface area contributed by atoms with Gasteiger partial charge in [0, 0.05) is 11.1 Å². The molecule has 0 spiro atoms. The van der Waals surface area contributed by atoms with Crippen LogP contribution in [0.25, 0.3) is 0 Å². The van der Waals surface area contributed by atoms with Crippen LogP contribution in [-0.2, 0) is 9.53 Å². The third-order valence-corrected chi connectivity index (χ3v) is 2.66. The maximum absolute atomic E-state index is 11.8. The van der Waals surface area contributed by atoms with Gasteiger partial charge >= 0.3 is 0 Å². The number of amides is 1. The van der Waals surface area contributed by atoms with E-state index in [1.165, 1.54) is 0 Å². The van der Waals surface area contributed by atoms with Crippen LogP contribution in [0.2, 0.25) is 0 Å². The summed E-state index contributed by atoms with van der Waals surface area (Å²) in [5.41, 5.74) is 0. The molecular weight excluding hydrogens is 228 g/mol. The lowest BCUT2D eigenvalue weighted by molar-refractivity contribution is -0.125. The Morgan fingerprint density at radius 1 is 1.56 bits per heavy atom. The number of hydrogen-bond acceptors (Lipinski definition) is 3. The minimum atomic E-state index is -0.123. The van der Waals surface area contributed by atoms with Crippen molar-refractivity contribution in [3.05, 3.63) is 11.6 Å². The standard InChI is InChI=1S/C11H19ClN2O2/c1-3-4-13-10-7-16-6-9(10)11(15)14-5-8(2)12/h9-10,13H,2-7H2,1H3,(H,14,15). The number of halogens is 1. The molecule has 1 aliphatic heterocycles. The van der Waals surface area contributed by atoms with Gasteiger partial charge in [-0.05, 0) is 13.0 Å². The molecule has 16 heavy (non-hydrogen) atoms. The van der Waals surface area contributed by atoms with E-state index in [1.54, 1.807) is 0 Å². The highest BCUT2D eigenvalue weighted by Crippen LogP contribution is 2.14. The Labute approximate surface area is 101 Å². The van der Waals surface area contributed by atoms with Crippen LogP contribution >= 0.6 is 11.6 Å². The fraction of sp³-hybridized carbons (Fsp3) is 0.727. The molecule has 0 aromatic heterocycles. The van der Waals surface area contributed by atoms with Gasteiger partial charge in [-0.2, -0.15) is 0 Å². The van der Waals surface area contributed by atoms with E-state index in [-0.39, 0.29) is 17.9 Å². The number of ether oxygens (including phenoxy) is 1. The molecule has 1 heterocycles. The Balaban J connectivity index is 2.37. The van der Waals surface area contributed by atoms with Crippen LogP contribution < -0.4 is 10.6 Å². The molecule has 2 unspecified atom stereocenters. The molecule has 0 saturated carbocycles. The van der Waals surface area contributed by atoms with Crippen molar-refractivity contribution in [1.29, 1.82) is 0 Å². The number of rotatable bonds is 6. The molecule has 0 aromatic rings. The van der Waals surface area contributed by atoms with Gasteiger partial charge in [-0.25, -0.2) is 0 Å². The van der Waals surface area contributed by atoms with Gasteiger partial charge in [0.25, 0.3) is 0 Å². The van der Waals surface area contributed by atoms with Crippen LogP contribution in [0.4, 0.5) is 0 Å². The zero-order valence-electron chi connectivity index (χ0n) is 9.59. The molecule has 2 N–H and O–H groups in total. The summed E-state index contributed by atoms with van der Waals surface area (Å²) in [5, 5.41) is 6.48. The highest BCUT2D eigenvalue weighted by molar-refractivity contribution is 6.29. The summed E-state index contributed by atoms with van der Waals surface area (Å²) in [7, 11) is 0. The summed E-state index contributed by atoms with van der Waals surface area (Å²) in [5.74, 6) is -0.143. The first kappa shape index (κ1) is 13.5. The smallest absolute Gasteiger partial charge is 0.227 e. The molecule has 0 aromatic carbocycles. The highest BCUT2D eigenvalue weighted by atomic mass is 35.5. The summed E-state index contributed by atoms with van der Waals surface area (Å²) < 4.78 is 5.32. The zero-order chi connectivity index (χ0) is 12.0. The lowest BCUT2D eigenvalue weighted by Gasteiger charge is -2.18. The summed E-state index contributed by atoms with van der Waals surface area (Å²) >= 11 is 5.59. The molecule has 0 radical (unpaired) electrons. The van der Waals surface area contributed by atoms with E-state index in [9.17, 15) is 4.79 Å². The van der Waals surface area contributed by atoms with Crippen molar-refractivity contribution in [2.75, 3.05) is 26.3 Å². The molecule has 1 aliphatic rings. The van der Waals surface area contributed by atoms with E-state index in [0.717, 1.165) is 13.0 Å². The zero-order valence-corrected chi connectivity index (χ0v) is 10.3. The molecule has 1 amide bonds. The molecule has 1 saturated heterocycles. The second-order valence-corrected chi connectivity index (χ2v) is 4.47. The molecule has 92 valence electrons. The second-order valence-electron chi connectivity index (χ2n) is 3.94. The van der Waals surface area contributed by atoms with E-state index in [1.807, 2.05) is 0 Å². The van der Waals surface area contributed by atoms with Crippen molar-refractivity contribution in [1.82, 2.24) is 10.6 Å². The third-order valence-electron chi connectivity index (χ3n) is 2.53. The second kappa shape index (κ2) is 6.89. The number of carbonyl (C=O) groups excluding carboxylic acids is 1. The monoisotopic (exact) mass is 246 g/mol. The lowest BCUT2D eigenvalue weighted by atomic mass is 10.0. The van der Waals surface area contributed by atoms with Crippen molar-refractivity contribution in [2.45, 2.75) is 19.4 Å². The van der Waals surface area contributed by atoms with Crippen molar-refractivity contribution in [3.8, 4) is 0 Å². The first-order valence-electron chi connectivity index (χ1n) is 5.57. The van der Waals surface area contributed by atoms with E-state index in [4.69, 9.17) is 16.3 Å². The van der Waals surface area contributed by atoms with Gasteiger partial charge in [0.05, 0.1) is 25.7 Å². The fourth-order valence-electron chi connectivity index (χ4n) is 1.66. The van der Waals surface area contributed by atoms with Crippen molar-refractivity contribution >= 4 is 17.5 Å². The van der Waals surface area contributed by atoms with E-state index < -0.39 is 0 Å². The lowest BCUT2D eigenvalue weighted by Crippen LogP contribution is -2.44. The largest absolute Gasteiger partial charge is 0.379 e. The molecule has 1 rings (SSSR count). The maximum Gasteiger partial charge on any atom is 0.227 e.